The molecule has 0 aromatic carbocycles. The molecule has 1 unspecified atom stereocenters. The van der Waals surface area contributed by atoms with Gasteiger partial charge in [0.25, 0.3) is 0 Å². The lowest BCUT2D eigenvalue weighted by atomic mass is 10.1. The summed E-state index contributed by atoms with van der Waals surface area (Å²) in [5, 5.41) is 0. The van der Waals surface area contributed by atoms with E-state index in [1.165, 1.54) is 51.4 Å². The zero-order chi connectivity index (χ0) is 57.1. The third-order valence-electron chi connectivity index (χ3n) is 12.7. The Morgan fingerprint density at radius 3 is 0.797 bits per heavy atom. The summed E-state index contributed by atoms with van der Waals surface area (Å²) in [6, 6.07) is 0. The Kier molecular flexibility index (Phi) is 61.0. The van der Waals surface area contributed by atoms with Crippen LogP contribution in [0.4, 0.5) is 0 Å². The van der Waals surface area contributed by atoms with E-state index in [0.29, 0.717) is 25.7 Å². The minimum Gasteiger partial charge on any atom is -0.462 e. The van der Waals surface area contributed by atoms with Crippen molar-refractivity contribution in [3.63, 3.8) is 0 Å². The van der Waals surface area contributed by atoms with E-state index in [9.17, 15) is 14.4 Å². The lowest BCUT2D eigenvalue weighted by Crippen LogP contribution is -2.30. The second-order valence-electron chi connectivity index (χ2n) is 20.2. The zero-order valence-corrected chi connectivity index (χ0v) is 50.6. The first-order valence-corrected chi connectivity index (χ1v) is 31.6. The second-order valence-corrected chi connectivity index (χ2v) is 20.2. The van der Waals surface area contributed by atoms with Crippen LogP contribution in [-0.2, 0) is 28.6 Å². The fraction of sp³-hybridized carbons (Fsp3) is 0.575. The molecule has 6 heteroatoms. The normalized spacial score (nSPS) is 13.3. The van der Waals surface area contributed by atoms with Crippen LogP contribution in [0.2, 0.25) is 0 Å². The summed E-state index contributed by atoms with van der Waals surface area (Å²) >= 11 is 0. The summed E-state index contributed by atoms with van der Waals surface area (Å²) in [6.07, 6.45) is 96.5. The number of unbranched alkanes of at least 4 members (excludes halogenated alkanes) is 16. The van der Waals surface area contributed by atoms with E-state index in [-0.39, 0.29) is 31.1 Å². The van der Waals surface area contributed by atoms with Gasteiger partial charge >= 0.3 is 17.9 Å². The molecule has 0 aromatic rings. The highest BCUT2D eigenvalue weighted by atomic mass is 16.6. The molecule has 0 radical (unpaired) electrons. The molecule has 0 bridgehead atoms. The molecule has 1 atom stereocenters. The topological polar surface area (TPSA) is 78.9 Å². The molecule has 0 heterocycles. The van der Waals surface area contributed by atoms with Crippen LogP contribution in [-0.4, -0.2) is 37.2 Å². The molecule has 0 aliphatic rings. The first kappa shape index (κ1) is 73.8. The molecule has 442 valence electrons. The number of esters is 3. The second kappa shape index (κ2) is 65.3. The Bertz CT molecular complexity index is 1820. The molecule has 0 rings (SSSR count). The van der Waals surface area contributed by atoms with Gasteiger partial charge in [-0.05, 0) is 135 Å². The fourth-order valence-electron chi connectivity index (χ4n) is 8.05. The third kappa shape index (κ3) is 63.5. The molecule has 0 saturated heterocycles. The first-order valence-electron chi connectivity index (χ1n) is 31.6. The molecule has 0 saturated carbocycles. The van der Waals surface area contributed by atoms with Crippen molar-refractivity contribution in [2.45, 2.75) is 258 Å². The van der Waals surface area contributed by atoms with Crippen molar-refractivity contribution in [2.75, 3.05) is 13.2 Å². The fourth-order valence-corrected chi connectivity index (χ4v) is 8.05. The van der Waals surface area contributed by atoms with Gasteiger partial charge in [-0.15, -0.1) is 0 Å². The molecule has 0 fully saturated rings. The highest BCUT2D eigenvalue weighted by molar-refractivity contribution is 5.71. The molecule has 0 N–H and O–H groups in total. The van der Waals surface area contributed by atoms with E-state index >= 15 is 0 Å². The standard InChI is InChI=1S/C73H114O6/c1-4-7-10-13-16-19-21-23-25-27-29-30-31-32-33-34-35-36-37-38-39-40-41-42-44-45-47-49-51-54-57-60-63-66-72(75)78-69-70(68-77-71(74)65-62-59-56-53-18-15-12-9-6-3)79-73(76)67-64-61-58-55-52-50-48-46-43-28-26-24-22-20-17-14-11-8-5-2/h7-8,10-11,16-17,19-20,23-26,29-30,32-33,35-36,38-39,41-43,45-47,51,54,70H,4-6,9,12-15,18,21-22,27-28,31,34,37,40,44,48-50,52-53,55-69H2,1-3H3/b10-7-,11-8-,19-16-,20-17-,25-23-,26-24-,30-29-,33-32-,36-35-,39-38-,42-41-,46-43-,47-45-,54-51-. The molecule has 6 nitrogen and oxygen atoms in total. The summed E-state index contributed by atoms with van der Waals surface area (Å²) in [5.41, 5.74) is 0. The largest absolute Gasteiger partial charge is 0.462 e. The van der Waals surface area contributed by atoms with Gasteiger partial charge in [-0.2, -0.15) is 0 Å². The van der Waals surface area contributed by atoms with Gasteiger partial charge in [-0.3, -0.25) is 14.4 Å². The molecule has 0 aromatic heterocycles. The Balaban J connectivity index is 4.35. The first-order chi connectivity index (χ1) is 39.0. The number of hydrogen-bond acceptors (Lipinski definition) is 6. The van der Waals surface area contributed by atoms with Gasteiger partial charge < -0.3 is 14.2 Å². The lowest BCUT2D eigenvalue weighted by Gasteiger charge is -2.18. The van der Waals surface area contributed by atoms with Gasteiger partial charge in [0.1, 0.15) is 13.2 Å². The Labute approximate surface area is 485 Å². The third-order valence-corrected chi connectivity index (χ3v) is 12.7. The summed E-state index contributed by atoms with van der Waals surface area (Å²) < 4.78 is 16.8. The van der Waals surface area contributed by atoms with Crippen molar-refractivity contribution < 1.29 is 28.6 Å². The SMILES string of the molecule is CC/C=C\C/C=C\C/C=C\C/C=C\C/C=C\C/C=C\C/C=C\C/C=C\C/C=C\C/C=C\CCCCC(=O)OCC(COC(=O)CCCCCCCCCCC)OC(=O)CCCCCCCC/C=C\C/C=C\C/C=C\C/C=C\CC. The van der Waals surface area contributed by atoms with E-state index in [1.54, 1.807) is 0 Å². The van der Waals surface area contributed by atoms with Crippen molar-refractivity contribution in [3.05, 3.63) is 170 Å². The van der Waals surface area contributed by atoms with Crippen LogP contribution < -0.4 is 0 Å². The van der Waals surface area contributed by atoms with Crippen LogP contribution in [0.3, 0.4) is 0 Å². The van der Waals surface area contributed by atoms with Crippen LogP contribution in [0.1, 0.15) is 252 Å². The van der Waals surface area contributed by atoms with Crippen molar-refractivity contribution >= 4 is 17.9 Å². The maximum absolute atomic E-state index is 12.9. The van der Waals surface area contributed by atoms with Crippen molar-refractivity contribution in [1.29, 1.82) is 0 Å². The van der Waals surface area contributed by atoms with Crippen LogP contribution in [0.15, 0.2) is 170 Å². The monoisotopic (exact) mass is 1090 g/mol. The minimum atomic E-state index is -0.810. The lowest BCUT2D eigenvalue weighted by molar-refractivity contribution is -0.167. The number of hydrogen-bond donors (Lipinski definition) is 0. The summed E-state index contributed by atoms with van der Waals surface area (Å²) in [7, 11) is 0. The highest BCUT2D eigenvalue weighted by Gasteiger charge is 2.19. The molecule has 0 amide bonds. The number of carbonyl (C=O) groups is 3. The van der Waals surface area contributed by atoms with E-state index in [2.05, 4.69) is 191 Å². The molecule has 0 spiro atoms. The quantitative estimate of drug-likeness (QED) is 0.0261. The van der Waals surface area contributed by atoms with E-state index in [0.717, 1.165) is 154 Å². The Morgan fingerprint density at radius 1 is 0.266 bits per heavy atom. The maximum Gasteiger partial charge on any atom is 0.306 e. The van der Waals surface area contributed by atoms with Gasteiger partial charge in [0.2, 0.25) is 0 Å². The number of ether oxygens (including phenoxy) is 3. The average molecular weight is 1090 g/mol. The molecular weight excluding hydrogens is 973 g/mol. The molecule has 79 heavy (non-hydrogen) atoms. The van der Waals surface area contributed by atoms with Gasteiger partial charge in [-0.25, -0.2) is 0 Å². The van der Waals surface area contributed by atoms with Crippen LogP contribution >= 0.6 is 0 Å². The van der Waals surface area contributed by atoms with Gasteiger partial charge in [0.05, 0.1) is 0 Å². The van der Waals surface area contributed by atoms with Gasteiger partial charge in [0.15, 0.2) is 6.10 Å². The Hall–Kier alpha value is -5.23. The van der Waals surface area contributed by atoms with Gasteiger partial charge in [0, 0.05) is 19.3 Å². The Morgan fingerprint density at radius 2 is 0.494 bits per heavy atom. The maximum atomic E-state index is 12.9. The van der Waals surface area contributed by atoms with Crippen LogP contribution in [0, 0.1) is 0 Å². The van der Waals surface area contributed by atoms with Crippen LogP contribution in [0.5, 0.6) is 0 Å². The van der Waals surface area contributed by atoms with Crippen molar-refractivity contribution in [2.24, 2.45) is 0 Å². The minimum absolute atomic E-state index is 0.103. The molecule has 0 aliphatic heterocycles. The van der Waals surface area contributed by atoms with Gasteiger partial charge in [-0.1, -0.05) is 268 Å². The van der Waals surface area contributed by atoms with E-state index in [4.69, 9.17) is 14.2 Å². The number of carbonyl (C=O) groups excluding carboxylic acids is 3. The van der Waals surface area contributed by atoms with E-state index in [1.807, 2.05) is 0 Å². The van der Waals surface area contributed by atoms with Crippen molar-refractivity contribution in [1.82, 2.24) is 0 Å². The van der Waals surface area contributed by atoms with E-state index < -0.39 is 6.10 Å². The molecular formula is C73H114O6. The number of rotatable bonds is 55. The summed E-state index contributed by atoms with van der Waals surface area (Å²) in [5.74, 6) is -0.973. The predicted octanol–water partition coefficient (Wildman–Crippen LogP) is 21.9. The van der Waals surface area contributed by atoms with Crippen LogP contribution in [0.25, 0.3) is 0 Å². The summed E-state index contributed by atoms with van der Waals surface area (Å²) in [4.78, 5) is 38.1. The smallest absolute Gasteiger partial charge is 0.306 e. The zero-order valence-electron chi connectivity index (χ0n) is 50.6. The average Bonchev–Trinajstić information content (AvgIpc) is 3.45. The van der Waals surface area contributed by atoms with Crippen molar-refractivity contribution in [3.8, 4) is 0 Å². The number of allylic oxidation sites excluding steroid dienone is 28. The predicted molar refractivity (Wildman–Crippen MR) is 343 cm³/mol. The highest BCUT2D eigenvalue weighted by Crippen LogP contribution is 2.14. The summed E-state index contributed by atoms with van der Waals surface area (Å²) in [6.45, 7) is 6.33. The molecule has 0 aliphatic carbocycles.